The molecular weight excluding hydrogens is 422 g/mol. The Bertz CT molecular complexity index is 1100. The predicted molar refractivity (Wildman–Crippen MR) is 121 cm³/mol. The number of thiocarbonyl (C=S) groups is 1. The highest BCUT2D eigenvalue weighted by molar-refractivity contribution is 7.80. The van der Waals surface area contributed by atoms with Crippen LogP contribution in [0.15, 0.2) is 60.7 Å². The standard InChI is InChI=1S/C22H20ClN3O3S/c1-14-11-17(23)9-10-19(14)29-13-21(28)24-22(30)26-25-20(27)12-16-7-4-6-15-5-2-3-8-18(15)16/h2-11H,12-13H2,1H3,(H,25,27)(H2,24,26,28,30). The topological polar surface area (TPSA) is 79.5 Å². The Balaban J connectivity index is 1.44. The molecule has 0 spiro atoms. The second kappa shape index (κ2) is 10.0. The minimum Gasteiger partial charge on any atom is -0.483 e. The fourth-order valence-corrected chi connectivity index (χ4v) is 3.29. The third-order valence-corrected chi connectivity index (χ3v) is 4.73. The fourth-order valence-electron chi connectivity index (χ4n) is 2.90. The van der Waals surface area contributed by atoms with Crippen LogP contribution in [0, 0.1) is 6.92 Å². The molecule has 0 aromatic heterocycles. The van der Waals surface area contributed by atoms with Crippen molar-refractivity contribution in [2.75, 3.05) is 6.61 Å². The molecule has 0 heterocycles. The van der Waals surface area contributed by atoms with Crippen LogP contribution in [0.2, 0.25) is 5.02 Å². The largest absolute Gasteiger partial charge is 0.483 e. The summed E-state index contributed by atoms with van der Waals surface area (Å²) in [6, 6.07) is 18.8. The van der Waals surface area contributed by atoms with Gasteiger partial charge in [0.05, 0.1) is 6.42 Å². The number of nitrogens with one attached hydrogen (secondary N) is 3. The van der Waals surface area contributed by atoms with Crippen molar-refractivity contribution in [3.63, 3.8) is 0 Å². The van der Waals surface area contributed by atoms with Gasteiger partial charge < -0.3 is 4.74 Å². The maximum Gasteiger partial charge on any atom is 0.264 e. The van der Waals surface area contributed by atoms with Gasteiger partial charge >= 0.3 is 0 Å². The Morgan fingerprint density at radius 1 is 1.00 bits per heavy atom. The van der Waals surface area contributed by atoms with Gasteiger partial charge in [-0.1, -0.05) is 54.1 Å². The summed E-state index contributed by atoms with van der Waals surface area (Å²) in [5.41, 5.74) is 6.73. The number of amides is 2. The van der Waals surface area contributed by atoms with Gasteiger partial charge in [0, 0.05) is 5.02 Å². The third-order valence-electron chi connectivity index (χ3n) is 4.30. The quantitative estimate of drug-likeness (QED) is 0.417. The molecule has 0 radical (unpaired) electrons. The van der Waals surface area contributed by atoms with Crippen molar-refractivity contribution < 1.29 is 14.3 Å². The second-order valence-corrected chi connectivity index (χ2v) is 7.41. The van der Waals surface area contributed by atoms with E-state index in [0.29, 0.717) is 10.8 Å². The summed E-state index contributed by atoms with van der Waals surface area (Å²) in [4.78, 5) is 24.2. The van der Waals surface area contributed by atoms with E-state index in [1.54, 1.807) is 18.2 Å². The molecule has 154 valence electrons. The highest BCUT2D eigenvalue weighted by atomic mass is 35.5. The molecule has 0 saturated heterocycles. The molecule has 0 bridgehead atoms. The van der Waals surface area contributed by atoms with E-state index in [-0.39, 0.29) is 24.0 Å². The van der Waals surface area contributed by atoms with Crippen molar-refractivity contribution in [3.05, 3.63) is 76.8 Å². The number of halogens is 1. The number of hydrogen-bond donors (Lipinski definition) is 3. The number of carbonyl (C=O) groups excluding carboxylic acids is 2. The van der Waals surface area contributed by atoms with Crippen molar-refractivity contribution in [2.45, 2.75) is 13.3 Å². The maximum absolute atomic E-state index is 12.2. The van der Waals surface area contributed by atoms with Crippen molar-refractivity contribution in [3.8, 4) is 5.75 Å². The minimum absolute atomic E-state index is 0.0253. The van der Waals surface area contributed by atoms with Gasteiger partial charge in [0.15, 0.2) is 11.7 Å². The zero-order valence-electron chi connectivity index (χ0n) is 16.2. The number of aryl methyl sites for hydroxylation is 1. The number of fused-ring (bicyclic) bond motifs is 1. The zero-order valence-corrected chi connectivity index (χ0v) is 17.8. The Labute approximate surface area is 184 Å². The number of ether oxygens (including phenoxy) is 1. The van der Waals surface area contributed by atoms with E-state index in [2.05, 4.69) is 16.2 Å². The molecule has 0 aliphatic rings. The van der Waals surface area contributed by atoms with E-state index >= 15 is 0 Å². The van der Waals surface area contributed by atoms with Crippen LogP contribution >= 0.6 is 23.8 Å². The van der Waals surface area contributed by atoms with Crippen molar-refractivity contribution in [1.29, 1.82) is 0 Å². The summed E-state index contributed by atoms with van der Waals surface area (Å²) in [7, 11) is 0. The molecule has 0 atom stereocenters. The van der Waals surface area contributed by atoms with E-state index < -0.39 is 5.91 Å². The molecule has 2 amide bonds. The van der Waals surface area contributed by atoms with E-state index in [1.807, 2.05) is 49.4 Å². The van der Waals surface area contributed by atoms with Crippen LogP contribution in [0.1, 0.15) is 11.1 Å². The maximum atomic E-state index is 12.2. The first-order valence-corrected chi connectivity index (χ1v) is 9.95. The van der Waals surface area contributed by atoms with Crippen LogP contribution in [0.3, 0.4) is 0 Å². The number of hydrogen-bond acceptors (Lipinski definition) is 4. The predicted octanol–water partition coefficient (Wildman–Crippen LogP) is 3.45. The van der Waals surface area contributed by atoms with Crippen molar-refractivity contribution in [1.82, 2.24) is 16.2 Å². The van der Waals surface area contributed by atoms with Crippen molar-refractivity contribution in [2.24, 2.45) is 0 Å². The Morgan fingerprint density at radius 3 is 2.57 bits per heavy atom. The van der Waals surface area contributed by atoms with E-state index in [4.69, 9.17) is 28.6 Å². The van der Waals surface area contributed by atoms with Gasteiger partial charge in [-0.15, -0.1) is 0 Å². The molecule has 0 fully saturated rings. The van der Waals surface area contributed by atoms with Crippen LogP contribution in [0.5, 0.6) is 5.75 Å². The number of benzene rings is 3. The first kappa shape index (κ1) is 21.5. The first-order chi connectivity index (χ1) is 14.4. The molecular formula is C22H20ClN3O3S. The van der Waals surface area contributed by atoms with E-state index in [1.165, 1.54) is 0 Å². The minimum atomic E-state index is -0.454. The SMILES string of the molecule is Cc1cc(Cl)ccc1OCC(=O)NC(=S)NNC(=O)Cc1cccc2ccccc12. The van der Waals surface area contributed by atoms with Gasteiger partial charge in [-0.3, -0.25) is 25.8 Å². The molecule has 6 nitrogen and oxygen atoms in total. The first-order valence-electron chi connectivity index (χ1n) is 9.16. The van der Waals surface area contributed by atoms with Gasteiger partial charge in [-0.25, -0.2) is 0 Å². The average molecular weight is 442 g/mol. The van der Waals surface area contributed by atoms with Gasteiger partial charge in [0.25, 0.3) is 5.91 Å². The van der Waals surface area contributed by atoms with E-state index in [0.717, 1.165) is 21.9 Å². The summed E-state index contributed by atoms with van der Waals surface area (Å²) >= 11 is 10.9. The van der Waals surface area contributed by atoms with Crippen LogP contribution in [0.25, 0.3) is 10.8 Å². The van der Waals surface area contributed by atoms with Crippen LogP contribution in [0.4, 0.5) is 0 Å². The van der Waals surface area contributed by atoms with Crippen LogP contribution < -0.4 is 20.9 Å². The summed E-state index contributed by atoms with van der Waals surface area (Å²) in [5.74, 6) is -0.182. The molecule has 3 aromatic rings. The lowest BCUT2D eigenvalue weighted by atomic mass is 10.0. The summed E-state index contributed by atoms with van der Waals surface area (Å²) in [5, 5.41) is 5.09. The molecule has 3 N–H and O–H groups in total. The van der Waals surface area contributed by atoms with Crippen LogP contribution in [-0.4, -0.2) is 23.5 Å². The fraction of sp³-hybridized carbons (Fsp3) is 0.136. The summed E-state index contributed by atoms with van der Waals surface area (Å²) < 4.78 is 5.45. The molecule has 0 unspecified atom stereocenters. The van der Waals surface area contributed by atoms with Gasteiger partial charge in [0.1, 0.15) is 5.75 Å². The summed E-state index contributed by atoms with van der Waals surface area (Å²) in [6.45, 7) is 1.60. The highest BCUT2D eigenvalue weighted by Crippen LogP contribution is 2.21. The summed E-state index contributed by atoms with van der Waals surface area (Å²) in [6.07, 6.45) is 0.171. The second-order valence-electron chi connectivity index (χ2n) is 6.56. The Kier molecular flexibility index (Phi) is 7.21. The Morgan fingerprint density at radius 2 is 1.77 bits per heavy atom. The zero-order chi connectivity index (χ0) is 21.5. The Hall–Kier alpha value is -3.16. The number of hydrazine groups is 1. The van der Waals surface area contributed by atoms with Gasteiger partial charge in [-0.2, -0.15) is 0 Å². The smallest absolute Gasteiger partial charge is 0.264 e. The highest BCUT2D eigenvalue weighted by Gasteiger charge is 2.10. The lowest BCUT2D eigenvalue weighted by molar-refractivity contribution is -0.122. The molecule has 0 aliphatic heterocycles. The van der Waals surface area contributed by atoms with Crippen LogP contribution in [-0.2, 0) is 16.0 Å². The average Bonchev–Trinajstić information content (AvgIpc) is 2.72. The molecule has 3 rings (SSSR count). The van der Waals surface area contributed by atoms with E-state index in [9.17, 15) is 9.59 Å². The molecule has 0 saturated carbocycles. The normalized spacial score (nSPS) is 10.3. The molecule has 3 aromatic carbocycles. The third kappa shape index (κ3) is 5.92. The lowest BCUT2D eigenvalue weighted by Gasteiger charge is -2.12. The molecule has 30 heavy (non-hydrogen) atoms. The monoisotopic (exact) mass is 441 g/mol. The van der Waals surface area contributed by atoms with Gasteiger partial charge in [0.2, 0.25) is 5.91 Å². The molecule has 0 aliphatic carbocycles. The molecule has 8 heteroatoms. The lowest BCUT2D eigenvalue weighted by Crippen LogP contribution is -2.49. The number of rotatable bonds is 5. The number of carbonyl (C=O) groups is 2. The van der Waals surface area contributed by atoms with Gasteiger partial charge in [-0.05, 0) is 59.2 Å². The van der Waals surface area contributed by atoms with Crippen molar-refractivity contribution >= 4 is 51.5 Å².